The molecule has 1 aromatic heterocycles. The Morgan fingerprint density at radius 1 is 1.33 bits per heavy atom. The van der Waals surface area contributed by atoms with Gasteiger partial charge in [-0.2, -0.15) is 0 Å². The molecule has 108 valence electrons. The minimum atomic E-state index is 0.116. The van der Waals surface area contributed by atoms with Gasteiger partial charge in [0.15, 0.2) is 0 Å². The summed E-state index contributed by atoms with van der Waals surface area (Å²) in [6.45, 7) is 1.00. The first-order valence-corrected chi connectivity index (χ1v) is 7.36. The van der Waals surface area contributed by atoms with Crippen LogP contribution in [0.1, 0.15) is 30.4 Å². The van der Waals surface area contributed by atoms with Crippen molar-refractivity contribution in [2.75, 3.05) is 5.32 Å². The number of aromatic nitrogens is 2. The van der Waals surface area contributed by atoms with Crippen LogP contribution in [-0.4, -0.2) is 15.5 Å². The van der Waals surface area contributed by atoms with Gasteiger partial charge in [0.2, 0.25) is 5.91 Å². The van der Waals surface area contributed by atoms with E-state index in [4.69, 9.17) is 0 Å². The molecule has 0 unspecified atom stereocenters. The largest absolute Gasteiger partial charge is 0.337 e. The molecule has 0 aliphatic carbocycles. The van der Waals surface area contributed by atoms with Gasteiger partial charge in [-0.05, 0) is 42.5 Å². The third kappa shape index (κ3) is 3.60. The molecule has 0 atom stereocenters. The molecule has 1 aromatic carbocycles. The topological polar surface area (TPSA) is 46.9 Å². The average molecular weight is 281 g/mol. The molecule has 2 aromatic rings. The van der Waals surface area contributed by atoms with Crippen LogP contribution in [0, 0.1) is 0 Å². The molecule has 1 N–H and O–H groups in total. The van der Waals surface area contributed by atoms with Crippen LogP contribution in [0.2, 0.25) is 0 Å². The van der Waals surface area contributed by atoms with Crippen molar-refractivity contribution in [1.82, 2.24) is 9.55 Å². The van der Waals surface area contributed by atoms with Crippen LogP contribution >= 0.6 is 0 Å². The summed E-state index contributed by atoms with van der Waals surface area (Å²) in [7, 11) is 0. The third-order valence-corrected chi connectivity index (χ3v) is 3.68. The first-order valence-electron chi connectivity index (χ1n) is 7.36. The maximum absolute atomic E-state index is 11.3. The predicted molar refractivity (Wildman–Crippen MR) is 83.9 cm³/mol. The maximum atomic E-state index is 11.3. The summed E-state index contributed by atoms with van der Waals surface area (Å²) in [5.74, 6) is 0.116. The first-order chi connectivity index (χ1) is 10.3. The minimum Gasteiger partial charge on any atom is -0.337 e. The smallest absolute Gasteiger partial charge is 0.224 e. The highest BCUT2D eigenvalue weighted by atomic mass is 16.1. The number of amides is 1. The average Bonchev–Trinajstić information content (AvgIpc) is 3.00. The maximum Gasteiger partial charge on any atom is 0.224 e. The van der Waals surface area contributed by atoms with E-state index in [0.717, 1.165) is 31.5 Å². The number of imidazole rings is 1. The Hall–Kier alpha value is -2.36. The van der Waals surface area contributed by atoms with E-state index in [0.29, 0.717) is 6.42 Å². The lowest BCUT2D eigenvalue weighted by atomic mass is 10.00. The third-order valence-electron chi connectivity index (χ3n) is 3.68. The van der Waals surface area contributed by atoms with Gasteiger partial charge < -0.3 is 9.88 Å². The number of aryl methyl sites for hydroxylation is 2. The second-order valence-corrected chi connectivity index (χ2v) is 5.31. The minimum absolute atomic E-state index is 0.116. The van der Waals surface area contributed by atoms with Gasteiger partial charge in [-0.3, -0.25) is 4.79 Å². The van der Waals surface area contributed by atoms with E-state index in [1.54, 1.807) is 0 Å². The number of carbonyl (C=O) groups is 1. The number of benzene rings is 1. The number of fused-ring (bicyclic) bond motifs is 1. The highest BCUT2D eigenvalue weighted by molar-refractivity contribution is 5.94. The molecule has 4 nitrogen and oxygen atoms in total. The molecular weight excluding hydrogens is 262 g/mol. The summed E-state index contributed by atoms with van der Waals surface area (Å²) in [6.07, 6.45) is 13.6. The number of nitrogens with zero attached hydrogens (tertiary/aromatic N) is 2. The highest BCUT2D eigenvalue weighted by Gasteiger charge is 2.13. The van der Waals surface area contributed by atoms with Crippen LogP contribution in [0.5, 0.6) is 0 Å². The zero-order valence-electron chi connectivity index (χ0n) is 12.0. The second-order valence-electron chi connectivity index (χ2n) is 5.31. The Kier molecular flexibility index (Phi) is 4.15. The van der Waals surface area contributed by atoms with Crippen molar-refractivity contribution in [2.24, 2.45) is 0 Å². The number of nitrogens with one attached hydrogen (secondary N) is 1. The lowest BCUT2D eigenvalue weighted by molar-refractivity contribution is -0.116. The van der Waals surface area contributed by atoms with Gasteiger partial charge in [0.05, 0.1) is 6.33 Å². The molecule has 4 heteroatoms. The van der Waals surface area contributed by atoms with Crippen LogP contribution in [0.4, 0.5) is 5.69 Å². The van der Waals surface area contributed by atoms with Crippen LogP contribution in [0.15, 0.2) is 43.0 Å². The fourth-order valence-corrected chi connectivity index (χ4v) is 2.54. The molecule has 0 fully saturated rings. The van der Waals surface area contributed by atoms with Gasteiger partial charge in [0.25, 0.3) is 0 Å². The molecule has 1 aliphatic rings. The van der Waals surface area contributed by atoms with Crippen LogP contribution < -0.4 is 5.32 Å². The van der Waals surface area contributed by atoms with Crippen molar-refractivity contribution in [1.29, 1.82) is 0 Å². The number of unbranched alkanes of at least 4 members (excludes halogenated alkanes) is 1. The zero-order chi connectivity index (χ0) is 14.5. The number of rotatable bonds is 5. The number of hydrogen-bond acceptors (Lipinski definition) is 2. The fourth-order valence-electron chi connectivity index (χ4n) is 2.54. The molecule has 3 rings (SSSR count). The fraction of sp³-hybridized carbons (Fsp3) is 0.294. The second kappa shape index (κ2) is 6.39. The molecule has 0 radical (unpaired) electrons. The zero-order valence-corrected chi connectivity index (χ0v) is 12.0. The molecule has 0 bridgehead atoms. The summed E-state index contributed by atoms with van der Waals surface area (Å²) in [5.41, 5.74) is 3.39. The van der Waals surface area contributed by atoms with Crippen LogP contribution in [0.25, 0.3) is 6.08 Å². The molecule has 0 spiro atoms. The van der Waals surface area contributed by atoms with E-state index >= 15 is 0 Å². The van der Waals surface area contributed by atoms with E-state index in [2.05, 4.69) is 39.2 Å². The van der Waals surface area contributed by atoms with Crippen molar-refractivity contribution < 1.29 is 4.79 Å². The van der Waals surface area contributed by atoms with E-state index in [1.807, 2.05) is 24.8 Å². The van der Waals surface area contributed by atoms with Gasteiger partial charge in [0, 0.05) is 31.0 Å². The van der Waals surface area contributed by atoms with E-state index < -0.39 is 0 Å². The van der Waals surface area contributed by atoms with Crippen molar-refractivity contribution in [3.63, 3.8) is 0 Å². The molecule has 1 aliphatic heterocycles. The highest BCUT2D eigenvalue weighted by Crippen LogP contribution is 2.24. The summed E-state index contributed by atoms with van der Waals surface area (Å²) in [6, 6.07) is 6.22. The van der Waals surface area contributed by atoms with E-state index in [1.165, 1.54) is 11.1 Å². The van der Waals surface area contributed by atoms with Gasteiger partial charge in [-0.15, -0.1) is 0 Å². The van der Waals surface area contributed by atoms with Crippen molar-refractivity contribution in [3.8, 4) is 0 Å². The number of allylic oxidation sites excluding steroid dienone is 1. The molecule has 0 saturated heterocycles. The van der Waals surface area contributed by atoms with Crippen molar-refractivity contribution in [2.45, 2.75) is 32.2 Å². The Morgan fingerprint density at radius 3 is 3.14 bits per heavy atom. The van der Waals surface area contributed by atoms with E-state index in [9.17, 15) is 4.79 Å². The summed E-state index contributed by atoms with van der Waals surface area (Å²) < 4.78 is 2.09. The van der Waals surface area contributed by atoms with Crippen LogP contribution in [-0.2, 0) is 17.8 Å². The lowest BCUT2D eigenvalue weighted by Gasteiger charge is -2.16. The molecule has 0 saturated carbocycles. The SMILES string of the molecule is O=C1CCc2cc(/C=C/CCCn3ccnc3)ccc2N1. The first kappa shape index (κ1) is 13.6. The molecule has 21 heavy (non-hydrogen) atoms. The number of anilines is 1. The monoisotopic (exact) mass is 281 g/mol. The van der Waals surface area contributed by atoms with Gasteiger partial charge in [-0.1, -0.05) is 18.2 Å². The summed E-state index contributed by atoms with van der Waals surface area (Å²) in [4.78, 5) is 15.4. The quantitative estimate of drug-likeness (QED) is 0.855. The van der Waals surface area contributed by atoms with Gasteiger partial charge in [0.1, 0.15) is 0 Å². The summed E-state index contributed by atoms with van der Waals surface area (Å²) >= 11 is 0. The normalized spacial score (nSPS) is 14.2. The van der Waals surface area contributed by atoms with Crippen LogP contribution in [0.3, 0.4) is 0 Å². The Labute approximate surface area is 124 Å². The van der Waals surface area contributed by atoms with E-state index in [-0.39, 0.29) is 5.91 Å². The molecular formula is C17H19N3O. The predicted octanol–water partition coefficient (Wildman–Crippen LogP) is 3.26. The molecule has 1 amide bonds. The molecule has 2 heterocycles. The Balaban J connectivity index is 1.53. The lowest BCUT2D eigenvalue weighted by Crippen LogP contribution is -2.18. The Bertz CT molecular complexity index is 644. The van der Waals surface area contributed by atoms with Crippen molar-refractivity contribution >= 4 is 17.7 Å². The number of carbonyl (C=O) groups excluding carboxylic acids is 1. The summed E-state index contributed by atoms with van der Waals surface area (Å²) in [5, 5.41) is 2.91. The van der Waals surface area contributed by atoms with Gasteiger partial charge >= 0.3 is 0 Å². The number of hydrogen-bond donors (Lipinski definition) is 1. The Morgan fingerprint density at radius 2 is 2.29 bits per heavy atom. The standard InChI is InChI=1S/C17H19N3O/c21-17-8-6-15-12-14(5-7-16(15)19-17)4-2-1-3-10-20-11-9-18-13-20/h2,4-5,7,9,11-13H,1,3,6,8,10H2,(H,19,21)/b4-2+. The van der Waals surface area contributed by atoms with Gasteiger partial charge in [-0.25, -0.2) is 4.98 Å². The van der Waals surface area contributed by atoms with Crippen molar-refractivity contribution in [3.05, 3.63) is 54.1 Å².